The normalized spacial score (nSPS) is 12.5. The molecule has 0 amide bonds. The molecule has 0 fully saturated rings. The van der Waals surface area contributed by atoms with E-state index in [-0.39, 0.29) is 0 Å². The van der Waals surface area contributed by atoms with Crippen molar-refractivity contribution in [2.75, 3.05) is 6.26 Å². The summed E-state index contributed by atoms with van der Waals surface area (Å²) in [5, 5.41) is 1.18. The van der Waals surface area contributed by atoms with Crippen LogP contribution < -0.4 is 0 Å². The number of aryl methyl sites for hydroxylation is 1. The molecule has 0 spiro atoms. The quantitative estimate of drug-likeness (QED) is 0.697. The van der Waals surface area contributed by atoms with Gasteiger partial charge in [0.1, 0.15) is 0 Å². The third-order valence-corrected chi connectivity index (χ3v) is 4.01. The van der Waals surface area contributed by atoms with E-state index < -0.39 is 10.8 Å². The van der Waals surface area contributed by atoms with Crippen molar-refractivity contribution in [3.05, 3.63) is 48.3 Å². The van der Waals surface area contributed by atoms with Crippen LogP contribution in [0, 0.1) is 0 Å². The van der Waals surface area contributed by atoms with E-state index in [1.807, 2.05) is 18.2 Å². The Kier molecular flexibility index (Phi) is 3.75. The van der Waals surface area contributed by atoms with E-state index in [1.165, 1.54) is 0 Å². The SMILES string of the molecule is CCc1nc2nc(S(C)=O)ncc2cc1-c1ccccc1. The number of fused-ring (bicyclic) bond motifs is 1. The summed E-state index contributed by atoms with van der Waals surface area (Å²) in [4.78, 5) is 13.1. The van der Waals surface area contributed by atoms with Gasteiger partial charge in [0.15, 0.2) is 5.65 Å². The molecule has 2 heterocycles. The minimum absolute atomic E-state index is 0.324. The fourth-order valence-electron chi connectivity index (χ4n) is 2.26. The minimum Gasteiger partial charge on any atom is -0.251 e. The minimum atomic E-state index is -1.20. The summed E-state index contributed by atoms with van der Waals surface area (Å²) < 4.78 is 11.5. The zero-order valence-electron chi connectivity index (χ0n) is 11.9. The second kappa shape index (κ2) is 5.69. The molecular weight excluding hydrogens is 282 g/mol. The first-order chi connectivity index (χ1) is 10.2. The summed E-state index contributed by atoms with van der Waals surface area (Å²) in [5.41, 5.74) is 3.82. The highest BCUT2D eigenvalue weighted by Crippen LogP contribution is 2.26. The Hall–Kier alpha value is -2.14. The lowest BCUT2D eigenvalue weighted by Crippen LogP contribution is -2.01. The first kappa shape index (κ1) is 13.8. The average Bonchev–Trinajstić information content (AvgIpc) is 2.53. The van der Waals surface area contributed by atoms with Crippen molar-refractivity contribution in [3.8, 4) is 11.1 Å². The Morgan fingerprint density at radius 1 is 1.14 bits per heavy atom. The number of benzene rings is 1. The summed E-state index contributed by atoms with van der Waals surface area (Å²) in [7, 11) is -1.20. The van der Waals surface area contributed by atoms with Gasteiger partial charge in [0.2, 0.25) is 5.16 Å². The maximum Gasteiger partial charge on any atom is 0.220 e. The van der Waals surface area contributed by atoms with Gasteiger partial charge < -0.3 is 0 Å². The van der Waals surface area contributed by atoms with Gasteiger partial charge >= 0.3 is 0 Å². The van der Waals surface area contributed by atoms with Gasteiger partial charge in [-0.3, -0.25) is 4.21 Å². The van der Waals surface area contributed by atoms with E-state index >= 15 is 0 Å². The molecule has 4 nitrogen and oxygen atoms in total. The summed E-state index contributed by atoms with van der Waals surface area (Å²) in [6.45, 7) is 2.07. The van der Waals surface area contributed by atoms with Crippen LogP contribution in [0.1, 0.15) is 12.6 Å². The Balaban J connectivity index is 2.23. The molecule has 3 aromatic rings. The van der Waals surface area contributed by atoms with Crippen molar-refractivity contribution in [2.24, 2.45) is 0 Å². The number of nitrogens with zero attached hydrogens (tertiary/aromatic N) is 3. The number of rotatable bonds is 3. The molecule has 21 heavy (non-hydrogen) atoms. The van der Waals surface area contributed by atoms with E-state index in [4.69, 9.17) is 0 Å². The lowest BCUT2D eigenvalue weighted by Gasteiger charge is -2.09. The summed E-state index contributed by atoms with van der Waals surface area (Å²) in [5.74, 6) is 0. The zero-order valence-corrected chi connectivity index (χ0v) is 12.7. The highest BCUT2D eigenvalue weighted by Gasteiger charge is 2.10. The van der Waals surface area contributed by atoms with E-state index in [1.54, 1.807) is 12.5 Å². The van der Waals surface area contributed by atoms with Gasteiger partial charge in [-0.2, -0.15) is 0 Å². The Bertz CT molecular complexity index is 818. The topological polar surface area (TPSA) is 55.7 Å². The van der Waals surface area contributed by atoms with Gasteiger partial charge in [-0.1, -0.05) is 37.3 Å². The lowest BCUT2D eigenvalue weighted by atomic mass is 10.0. The van der Waals surface area contributed by atoms with Crippen molar-refractivity contribution >= 4 is 21.8 Å². The van der Waals surface area contributed by atoms with E-state index in [0.717, 1.165) is 28.6 Å². The first-order valence-corrected chi connectivity index (χ1v) is 8.30. The second-order valence-corrected chi connectivity index (χ2v) is 6.00. The third kappa shape index (κ3) is 2.69. The van der Waals surface area contributed by atoms with Gasteiger partial charge in [-0.15, -0.1) is 0 Å². The molecule has 0 bridgehead atoms. The highest BCUT2D eigenvalue weighted by atomic mass is 32.2. The standard InChI is InChI=1S/C16H15N3OS/c1-3-14-13(11-7-5-4-6-8-11)9-12-10-17-16(21(2)20)19-15(12)18-14/h4-10H,3H2,1-2H3. The Labute approximate surface area is 125 Å². The number of pyridine rings is 1. The van der Waals surface area contributed by atoms with Crippen molar-refractivity contribution in [2.45, 2.75) is 18.5 Å². The molecule has 0 aliphatic rings. The molecule has 0 aliphatic heterocycles. The Morgan fingerprint density at radius 2 is 1.90 bits per heavy atom. The summed E-state index contributed by atoms with van der Waals surface area (Å²) in [6, 6.07) is 12.2. The van der Waals surface area contributed by atoms with Crippen molar-refractivity contribution in [1.82, 2.24) is 15.0 Å². The molecule has 5 heteroatoms. The fraction of sp³-hybridized carbons (Fsp3) is 0.188. The largest absolute Gasteiger partial charge is 0.251 e. The molecule has 2 aromatic heterocycles. The van der Waals surface area contributed by atoms with Crippen molar-refractivity contribution < 1.29 is 4.21 Å². The van der Waals surface area contributed by atoms with Crippen LogP contribution in [-0.4, -0.2) is 25.4 Å². The molecule has 106 valence electrons. The zero-order chi connectivity index (χ0) is 14.8. The predicted molar refractivity (Wildman–Crippen MR) is 84.5 cm³/mol. The van der Waals surface area contributed by atoms with Crippen molar-refractivity contribution in [1.29, 1.82) is 0 Å². The summed E-state index contributed by atoms with van der Waals surface area (Å²) in [6.07, 6.45) is 4.08. The van der Waals surface area contributed by atoms with E-state index in [9.17, 15) is 4.21 Å². The molecule has 0 radical (unpaired) electrons. The second-order valence-electron chi connectivity index (χ2n) is 4.72. The monoisotopic (exact) mass is 297 g/mol. The van der Waals surface area contributed by atoms with Crippen LogP contribution in [-0.2, 0) is 17.2 Å². The van der Waals surface area contributed by atoms with Crippen LogP contribution >= 0.6 is 0 Å². The van der Waals surface area contributed by atoms with Gasteiger partial charge in [0.25, 0.3) is 0 Å². The van der Waals surface area contributed by atoms with E-state index in [2.05, 4.69) is 40.1 Å². The average molecular weight is 297 g/mol. The number of hydrogen-bond acceptors (Lipinski definition) is 4. The lowest BCUT2D eigenvalue weighted by molar-refractivity contribution is 0.680. The number of aromatic nitrogens is 3. The van der Waals surface area contributed by atoms with Crippen LogP contribution in [0.25, 0.3) is 22.2 Å². The van der Waals surface area contributed by atoms with Crippen LogP contribution in [0.4, 0.5) is 0 Å². The van der Waals surface area contributed by atoms with Crippen LogP contribution in [0.5, 0.6) is 0 Å². The predicted octanol–water partition coefficient (Wildman–Crippen LogP) is 2.99. The first-order valence-electron chi connectivity index (χ1n) is 6.74. The molecule has 0 N–H and O–H groups in total. The maximum atomic E-state index is 11.5. The van der Waals surface area contributed by atoms with E-state index in [0.29, 0.717) is 10.8 Å². The Morgan fingerprint density at radius 3 is 2.57 bits per heavy atom. The molecule has 1 atom stereocenters. The van der Waals surface area contributed by atoms with Crippen LogP contribution in [0.3, 0.4) is 0 Å². The van der Waals surface area contributed by atoms with Gasteiger partial charge in [0, 0.05) is 23.4 Å². The van der Waals surface area contributed by atoms with Crippen LogP contribution in [0.2, 0.25) is 0 Å². The smallest absolute Gasteiger partial charge is 0.220 e. The molecular formula is C16H15N3OS. The molecule has 0 aliphatic carbocycles. The number of hydrogen-bond donors (Lipinski definition) is 0. The van der Waals surface area contributed by atoms with Crippen molar-refractivity contribution in [3.63, 3.8) is 0 Å². The van der Waals surface area contributed by atoms with Crippen LogP contribution in [0.15, 0.2) is 47.8 Å². The molecule has 3 rings (SSSR count). The fourth-order valence-corrected chi connectivity index (χ4v) is 2.68. The molecule has 1 aromatic carbocycles. The van der Waals surface area contributed by atoms with Gasteiger partial charge in [-0.05, 0) is 18.1 Å². The highest BCUT2D eigenvalue weighted by molar-refractivity contribution is 7.84. The molecule has 1 unspecified atom stereocenters. The molecule has 0 saturated carbocycles. The maximum absolute atomic E-state index is 11.5. The molecule has 0 saturated heterocycles. The van der Waals surface area contributed by atoms with Gasteiger partial charge in [0.05, 0.1) is 16.5 Å². The third-order valence-electron chi connectivity index (χ3n) is 3.30. The van der Waals surface area contributed by atoms with Gasteiger partial charge in [-0.25, -0.2) is 15.0 Å². The summed E-state index contributed by atoms with van der Waals surface area (Å²) >= 11 is 0.